The maximum atomic E-state index is 10.7. The number of anilines is 1. The van der Waals surface area contributed by atoms with Crippen LogP contribution in [0.15, 0.2) is 30.6 Å². The van der Waals surface area contributed by atoms with Crippen molar-refractivity contribution in [1.29, 1.82) is 5.26 Å². The van der Waals surface area contributed by atoms with E-state index in [0.717, 1.165) is 5.56 Å². The fourth-order valence-electron chi connectivity index (χ4n) is 6.39. The lowest BCUT2D eigenvalue weighted by Crippen LogP contribution is -2.46. The highest BCUT2D eigenvalue weighted by Gasteiger charge is 2.52. The molecule has 34 heavy (non-hydrogen) atoms. The number of rotatable bonds is 5. The van der Waals surface area contributed by atoms with E-state index < -0.39 is 0 Å². The summed E-state index contributed by atoms with van der Waals surface area (Å²) in [5.41, 5.74) is 2.75. The molecule has 0 saturated heterocycles. The third-order valence-corrected chi connectivity index (χ3v) is 8.84. The molecule has 174 valence electrons. The van der Waals surface area contributed by atoms with Gasteiger partial charge in [0.2, 0.25) is 5.95 Å². The topological polar surface area (TPSA) is 98.8 Å². The van der Waals surface area contributed by atoms with Crippen molar-refractivity contribution in [2.45, 2.75) is 70.9 Å². The Morgan fingerprint density at radius 1 is 1.06 bits per heavy atom. The van der Waals surface area contributed by atoms with E-state index in [4.69, 9.17) is 10.2 Å². The minimum absolute atomic E-state index is 0.0961. The van der Waals surface area contributed by atoms with Crippen molar-refractivity contribution in [3.8, 4) is 33.6 Å². The highest BCUT2D eigenvalue weighted by molar-refractivity contribution is 7.15. The number of phenols is 1. The summed E-state index contributed by atoms with van der Waals surface area (Å²) in [5.74, 6) is 0.812. The Balaban J connectivity index is 1.26. The van der Waals surface area contributed by atoms with Gasteiger partial charge in [0.25, 0.3) is 0 Å². The molecule has 1 N–H and O–H groups in total. The number of aromatic hydroxyl groups is 1. The molecule has 6 rings (SSSR count). The molecular weight excluding hydrogens is 444 g/mol. The average molecular weight is 473 g/mol. The first-order valence-electron chi connectivity index (χ1n) is 12.0. The number of fused-ring (bicyclic) bond motifs is 2. The SMILES string of the molecule is C[C@]12CC[C@](C)(C[C@@H](N(c3ncc(-c4ccc(-c5ncc(C#N)s5)cc4O)nn3)C3CC3)C1)C2. The number of phenolic OH excluding ortho intramolecular Hbond substituents is 1. The second kappa shape index (κ2) is 7.74. The van der Waals surface area contributed by atoms with Crippen LogP contribution in [0.4, 0.5) is 5.95 Å². The number of nitriles is 1. The number of hydrogen-bond acceptors (Lipinski definition) is 8. The standard InChI is InChI=1S/C26H28N6OS/c1-25-7-8-26(2,15-25)11-18(10-25)32(17-4-5-17)24-29-14-21(30-31-24)20-6-3-16(9-22(20)33)23-28-13-19(12-27)34-23/h3,6,9,13-14,17-18,33H,4-5,7-8,10-11,15H2,1-2H3/t18-,25-,26+. The fraction of sp³-hybridized carbons (Fsp3) is 0.500. The van der Waals surface area contributed by atoms with Crippen LogP contribution in [0.2, 0.25) is 0 Å². The molecule has 2 heterocycles. The van der Waals surface area contributed by atoms with Gasteiger partial charge in [0.1, 0.15) is 27.4 Å². The molecule has 3 saturated carbocycles. The molecule has 7 nitrogen and oxygen atoms in total. The minimum Gasteiger partial charge on any atom is -0.507 e. The van der Waals surface area contributed by atoms with E-state index in [1.807, 2.05) is 12.1 Å². The summed E-state index contributed by atoms with van der Waals surface area (Å²) < 4.78 is 0. The van der Waals surface area contributed by atoms with Crippen LogP contribution in [0.5, 0.6) is 5.75 Å². The predicted molar refractivity (Wildman–Crippen MR) is 131 cm³/mol. The van der Waals surface area contributed by atoms with Crippen molar-refractivity contribution < 1.29 is 5.11 Å². The van der Waals surface area contributed by atoms with Gasteiger partial charge in [-0.3, -0.25) is 0 Å². The molecule has 0 spiro atoms. The largest absolute Gasteiger partial charge is 0.507 e. The summed E-state index contributed by atoms with van der Waals surface area (Å²) in [7, 11) is 0. The van der Waals surface area contributed by atoms with Crippen LogP contribution in [0.25, 0.3) is 21.8 Å². The first-order valence-corrected chi connectivity index (χ1v) is 12.8. The smallest absolute Gasteiger partial charge is 0.245 e. The third-order valence-electron chi connectivity index (χ3n) is 7.89. The number of thiazole rings is 1. The highest BCUT2D eigenvalue weighted by atomic mass is 32.1. The van der Waals surface area contributed by atoms with Gasteiger partial charge in [0, 0.05) is 23.2 Å². The van der Waals surface area contributed by atoms with Gasteiger partial charge in [-0.05, 0) is 67.9 Å². The van der Waals surface area contributed by atoms with E-state index in [0.29, 0.717) is 50.0 Å². The lowest BCUT2D eigenvalue weighted by molar-refractivity contribution is 0.144. The zero-order chi connectivity index (χ0) is 23.5. The van der Waals surface area contributed by atoms with Gasteiger partial charge in [-0.25, -0.2) is 9.97 Å². The zero-order valence-electron chi connectivity index (χ0n) is 19.5. The Hall–Kier alpha value is -3.05. The first-order chi connectivity index (χ1) is 16.3. The Bertz CT molecular complexity index is 1260. The van der Waals surface area contributed by atoms with E-state index in [9.17, 15) is 5.11 Å². The van der Waals surface area contributed by atoms with Crippen LogP contribution in [-0.2, 0) is 0 Å². The summed E-state index contributed by atoms with van der Waals surface area (Å²) in [6.07, 6.45) is 12.1. The van der Waals surface area contributed by atoms with Crippen molar-refractivity contribution in [3.05, 3.63) is 35.5 Å². The van der Waals surface area contributed by atoms with Gasteiger partial charge in [0.15, 0.2) is 0 Å². The van der Waals surface area contributed by atoms with Crippen LogP contribution in [0, 0.1) is 22.2 Å². The molecule has 0 aliphatic heterocycles. The van der Waals surface area contributed by atoms with Crippen molar-refractivity contribution in [1.82, 2.24) is 20.2 Å². The van der Waals surface area contributed by atoms with Gasteiger partial charge in [-0.15, -0.1) is 21.5 Å². The monoisotopic (exact) mass is 472 g/mol. The zero-order valence-corrected chi connectivity index (χ0v) is 20.3. The maximum Gasteiger partial charge on any atom is 0.245 e. The second-order valence-corrected chi connectivity index (χ2v) is 12.0. The van der Waals surface area contributed by atoms with Crippen molar-refractivity contribution >= 4 is 17.3 Å². The van der Waals surface area contributed by atoms with Crippen LogP contribution >= 0.6 is 11.3 Å². The lowest BCUT2D eigenvalue weighted by Gasteiger charge is -2.45. The van der Waals surface area contributed by atoms with Gasteiger partial charge in [-0.2, -0.15) is 5.26 Å². The molecule has 8 heteroatoms. The minimum atomic E-state index is 0.0961. The van der Waals surface area contributed by atoms with E-state index in [2.05, 4.69) is 40.0 Å². The molecule has 0 unspecified atom stereocenters. The summed E-state index contributed by atoms with van der Waals surface area (Å²) >= 11 is 1.30. The van der Waals surface area contributed by atoms with E-state index >= 15 is 0 Å². The summed E-state index contributed by atoms with van der Waals surface area (Å²) in [6.45, 7) is 4.91. The molecule has 3 fully saturated rings. The van der Waals surface area contributed by atoms with E-state index in [1.54, 1.807) is 18.5 Å². The van der Waals surface area contributed by atoms with Crippen LogP contribution in [0.3, 0.4) is 0 Å². The Morgan fingerprint density at radius 2 is 1.82 bits per heavy atom. The molecule has 3 aliphatic carbocycles. The lowest BCUT2D eigenvalue weighted by atomic mass is 9.68. The molecule has 3 aromatic rings. The molecule has 3 atom stereocenters. The first kappa shape index (κ1) is 21.5. The van der Waals surface area contributed by atoms with Crippen LogP contribution in [0.1, 0.15) is 63.7 Å². The quantitative estimate of drug-likeness (QED) is 0.518. The van der Waals surface area contributed by atoms with Crippen molar-refractivity contribution in [2.24, 2.45) is 10.8 Å². The van der Waals surface area contributed by atoms with Crippen molar-refractivity contribution in [2.75, 3.05) is 4.90 Å². The van der Waals surface area contributed by atoms with Crippen LogP contribution < -0.4 is 4.90 Å². The van der Waals surface area contributed by atoms with Crippen LogP contribution in [-0.4, -0.2) is 37.4 Å². The molecular formula is C26H28N6OS. The third kappa shape index (κ3) is 3.82. The van der Waals surface area contributed by atoms with Gasteiger partial charge in [-0.1, -0.05) is 19.9 Å². The Labute approximate surface area is 203 Å². The Kier molecular flexibility index (Phi) is 4.89. The molecule has 3 aliphatic rings. The molecule has 0 radical (unpaired) electrons. The molecule has 2 bridgehead atoms. The predicted octanol–water partition coefficient (Wildman–Crippen LogP) is 5.57. The fourth-order valence-corrected chi connectivity index (χ4v) is 7.10. The van der Waals surface area contributed by atoms with Gasteiger partial charge < -0.3 is 10.0 Å². The van der Waals surface area contributed by atoms with Gasteiger partial charge in [0.05, 0.1) is 12.4 Å². The second-order valence-electron chi connectivity index (χ2n) is 11.0. The highest BCUT2D eigenvalue weighted by Crippen LogP contribution is 2.59. The van der Waals surface area contributed by atoms with E-state index in [-0.39, 0.29) is 5.75 Å². The number of nitrogens with zero attached hydrogens (tertiary/aromatic N) is 6. The normalized spacial score (nSPS) is 28.0. The molecule has 1 aromatic carbocycles. The van der Waals surface area contributed by atoms with Crippen molar-refractivity contribution in [3.63, 3.8) is 0 Å². The van der Waals surface area contributed by atoms with Gasteiger partial charge >= 0.3 is 0 Å². The summed E-state index contributed by atoms with van der Waals surface area (Å²) in [6, 6.07) is 8.42. The average Bonchev–Trinajstić information content (AvgIpc) is 3.46. The van der Waals surface area contributed by atoms with E-state index in [1.165, 1.54) is 56.3 Å². The Morgan fingerprint density at radius 3 is 2.41 bits per heavy atom. The summed E-state index contributed by atoms with van der Waals surface area (Å²) in [5, 5.41) is 29.4. The summed E-state index contributed by atoms with van der Waals surface area (Å²) in [4.78, 5) is 12.0. The number of hydrogen-bond donors (Lipinski definition) is 1. The number of aromatic nitrogens is 4. The molecule has 2 aromatic heterocycles. The number of benzene rings is 1. The molecule has 0 amide bonds. The maximum absolute atomic E-state index is 10.7.